The normalized spacial score (nSPS) is 24.4. The van der Waals surface area contributed by atoms with E-state index in [2.05, 4.69) is 66.1 Å². The summed E-state index contributed by atoms with van der Waals surface area (Å²) in [7, 11) is 0. The number of amides is 1. The first-order chi connectivity index (χ1) is 16.4. The molecule has 2 aliphatic heterocycles. The quantitative estimate of drug-likeness (QED) is 0.617. The number of hydrogen-bond donors (Lipinski definition) is 0. The van der Waals surface area contributed by atoms with E-state index >= 15 is 0 Å². The Morgan fingerprint density at radius 2 is 1.62 bits per heavy atom. The molecule has 1 saturated carbocycles. The van der Waals surface area contributed by atoms with Crippen LogP contribution in [0.2, 0.25) is 0 Å². The molecule has 0 radical (unpaired) electrons. The topological polar surface area (TPSA) is 45.3 Å². The van der Waals surface area contributed by atoms with Crippen LogP contribution in [0.4, 0.5) is 10.5 Å². The molecule has 34 heavy (non-hydrogen) atoms. The van der Waals surface area contributed by atoms with Gasteiger partial charge in [-0.3, -0.25) is 9.80 Å². The molecule has 2 saturated heterocycles. The lowest BCUT2D eigenvalue weighted by Crippen LogP contribution is -2.64. The molecule has 182 valence electrons. The van der Waals surface area contributed by atoms with E-state index in [4.69, 9.17) is 9.47 Å². The molecule has 1 spiro atoms. The van der Waals surface area contributed by atoms with E-state index < -0.39 is 0 Å². The van der Waals surface area contributed by atoms with Crippen molar-refractivity contribution in [2.45, 2.75) is 58.3 Å². The van der Waals surface area contributed by atoms with Gasteiger partial charge in [0.05, 0.1) is 18.7 Å². The lowest BCUT2D eigenvalue weighted by molar-refractivity contribution is -0.137. The summed E-state index contributed by atoms with van der Waals surface area (Å²) in [5.41, 5.74) is 2.90. The number of benzene rings is 2. The van der Waals surface area contributed by atoms with E-state index in [0.717, 1.165) is 51.3 Å². The van der Waals surface area contributed by atoms with E-state index in [0.29, 0.717) is 12.0 Å². The number of anilines is 1. The monoisotopic (exact) mass is 463 g/mol. The van der Waals surface area contributed by atoms with Crippen molar-refractivity contribution >= 4 is 11.8 Å². The van der Waals surface area contributed by atoms with Gasteiger partial charge in [0.1, 0.15) is 11.9 Å². The standard InChI is InChI=1S/C28H37N3O3/c1-4-33-25-12-10-24(11-13-25)30-16-21(2)31(22(3)17-30)27(32)34-26-14-28(15-26)19-29(20-28)18-23-8-6-5-7-9-23/h5-13,21-22,26H,4,14-20H2,1-3H3/t21-,22+. The van der Waals surface area contributed by atoms with Crippen LogP contribution in [-0.2, 0) is 11.3 Å². The number of ether oxygens (including phenoxy) is 2. The van der Waals surface area contributed by atoms with Gasteiger partial charge in [0.2, 0.25) is 0 Å². The number of hydrogen-bond acceptors (Lipinski definition) is 5. The second-order valence-electron chi connectivity index (χ2n) is 10.5. The fraction of sp³-hybridized carbons (Fsp3) is 0.536. The Bertz CT molecular complexity index is 954. The Labute approximate surface area is 203 Å². The lowest BCUT2D eigenvalue weighted by atomic mass is 9.61. The van der Waals surface area contributed by atoms with Crippen LogP contribution in [0.25, 0.3) is 0 Å². The Morgan fingerprint density at radius 3 is 2.24 bits per heavy atom. The SMILES string of the molecule is CCOc1ccc(N2C[C@@H](C)N(C(=O)OC3CC4(C3)CN(Cc3ccccc3)C4)[C@@H](C)C2)cc1. The summed E-state index contributed by atoms with van der Waals surface area (Å²) in [4.78, 5) is 19.9. The molecule has 1 amide bonds. The van der Waals surface area contributed by atoms with E-state index in [-0.39, 0.29) is 24.3 Å². The second-order valence-corrected chi connectivity index (χ2v) is 10.5. The van der Waals surface area contributed by atoms with Crippen molar-refractivity contribution in [3.8, 4) is 5.75 Å². The predicted molar refractivity (Wildman–Crippen MR) is 134 cm³/mol. The Kier molecular flexibility index (Phi) is 6.43. The average Bonchev–Trinajstić information content (AvgIpc) is 2.77. The lowest BCUT2D eigenvalue weighted by Gasteiger charge is -2.58. The van der Waals surface area contributed by atoms with Crippen LogP contribution in [0.15, 0.2) is 54.6 Å². The van der Waals surface area contributed by atoms with E-state index in [9.17, 15) is 4.79 Å². The number of likely N-dealkylation sites (tertiary alicyclic amines) is 1. The van der Waals surface area contributed by atoms with Gasteiger partial charge in [-0.05, 0) is 63.4 Å². The van der Waals surface area contributed by atoms with Gasteiger partial charge in [-0.15, -0.1) is 0 Å². The zero-order chi connectivity index (χ0) is 23.7. The van der Waals surface area contributed by atoms with Gasteiger partial charge in [0, 0.05) is 43.8 Å². The van der Waals surface area contributed by atoms with E-state index in [1.54, 1.807) is 0 Å². The summed E-state index contributed by atoms with van der Waals surface area (Å²) in [5.74, 6) is 0.891. The number of carbonyl (C=O) groups excluding carboxylic acids is 1. The summed E-state index contributed by atoms with van der Waals surface area (Å²) < 4.78 is 11.5. The van der Waals surface area contributed by atoms with E-state index in [1.165, 1.54) is 11.3 Å². The van der Waals surface area contributed by atoms with Crippen molar-refractivity contribution < 1.29 is 14.3 Å². The summed E-state index contributed by atoms with van der Waals surface area (Å²) in [6, 6.07) is 19.1. The highest BCUT2D eigenvalue weighted by atomic mass is 16.6. The Hall–Kier alpha value is -2.73. The summed E-state index contributed by atoms with van der Waals surface area (Å²) >= 11 is 0. The molecule has 5 rings (SSSR count). The van der Waals surface area contributed by atoms with Crippen molar-refractivity contribution in [1.82, 2.24) is 9.80 Å². The highest BCUT2D eigenvalue weighted by molar-refractivity contribution is 5.69. The number of nitrogens with zero attached hydrogens (tertiary/aromatic N) is 3. The van der Waals surface area contributed by atoms with Gasteiger partial charge in [-0.2, -0.15) is 0 Å². The first-order valence-corrected chi connectivity index (χ1v) is 12.7. The fourth-order valence-corrected chi connectivity index (χ4v) is 6.12. The van der Waals surface area contributed by atoms with Crippen LogP contribution in [-0.4, -0.2) is 66.9 Å². The molecule has 6 nitrogen and oxygen atoms in total. The Balaban J connectivity index is 1.08. The average molecular weight is 464 g/mol. The van der Waals surface area contributed by atoms with Crippen LogP contribution < -0.4 is 9.64 Å². The molecule has 1 aliphatic carbocycles. The third-order valence-corrected chi connectivity index (χ3v) is 7.60. The summed E-state index contributed by atoms with van der Waals surface area (Å²) in [6.07, 6.45) is 1.92. The highest BCUT2D eigenvalue weighted by Gasteiger charge is 2.54. The maximum absolute atomic E-state index is 13.1. The predicted octanol–water partition coefficient (Wildman–Crippen LogP) is 4.79. The van der Waals surface area contributed by atoms with Gasteiger partial charge >= 0.3 is 6.09 Å². The molecular formula is C28H37N3O3. The Morgan fingerprint density at radius 1 is 0.971 bits per heavy atom. The third kappa shape index (κ3) is 4.74. The van der Waals surface area contributed by atoms with Crippen molar-refractivity contribution in [2.75, 3.05) is 37.7 Å². The maximum atomic E-state index is 13.1. The molecule has 0 bridgehead atoms. The van der Waals surface area contributed by atoms with Crippen LogP contribution in [0, 0.1) is 5.41 Å². The minimum atomic E-state index is -0.147. The second kappa shape index (κ2) is 9.49. The molecule has 2 heterocycles. The zero-order valence-corrected chi connectivity index (χ0v) is 20.7. The molecule has 2 aromatic carbocycles. The number of piperazine rings is 1. The molecule has 0 N–H and O–H groups in total. The largest absolute Gasteiger partial charge is 0.494 e. The van der Waals surface area contributed by atoms with E-state index in [1.807, 2.05) is 24.0 Å². The fourth-order valence-electron chi connectivity index (χ4n) is 6.12. The van der Waals surface area contributed by atoms with Crippen LogP contribution in [0.3, 0.4) is 0 Å². The van der Waals surface area contributed by atoms with Crippen LogP contribution >= 0.6 is 0 Å². The highest BCUT2D eigenvalue weighted by Crippen LogP contribution is 2.50. The number of rotatable bonds is 6. The molecule has 2 aromatic rings. The minimum Gasteiger partial charge on any atom is -0.494 e. The van der Waals surface area contributed by atoms with Gasteiger partial charge < -0.3 is 14.4 Å². The third-order valence-electron chi connectivity index (χ3n) is 7.60. The summed E-state index contributed by atoms with van der Waals surface area (Å²) in [5, 5.41) is 0. The molecule has 0 unspecified atom stereocenters. The van der Waals surface area contributed by atoms with Crippen LogP contribution in [0.1, 0.15) is 39.2 Å². The van der Waals surface area contributed by atoms with Crippen molar-refractivity contribution in [3.05, 3.63) is 60.2 Å². The van der Waals surface area contributed by atoms with Crippen molar-refractivity contribution in [1.29, 1.82) is 0 Å². The van der Waals surface area contributed by atoms with Crippen molar-refractivity contribution in [3.63, 3.8) is 0 Å². The van der Waals surface area contributed by atoms with Gasteiger partial charge in [-0.25, -0.2) is 4.79 Å². The molecule has 3 fully saturated rings. The van der Waals surface area contributed by atoms with Crippen molar-refractivity contribution in [2.24, 2.45) is 5.41 Å². The first kappa shape index (κ1) is 23.0. The van der Waals surface area contributed by atoms with Gasteiger partial charge in [-0.1, -0.05) is 30.3 Å². The zero-order valence-electron chi connectivity index (χ0n) is 20.7. The molecule has 2 atom stereocenters. The number of carbonyl (C=O) groups is 1. The van der Waals surface area contributed by atoms with Gasteiger partial charge in [0.15, 0.2) is 0 Å². The maximum Gasteiger partial charge on any atom is 0.410 e. The first-order valence-electron chi connectivity index (χ1n) is 12.7. The smallest absolute Gasteiger partial charge is 0.410 e. The molecule has 3 aliphatic rings. The summed E-state index contributed by atoms with van der Waals surface area (Å²) in [6.45, 7) is 11.7. The van der Waals surface area contributed by atoms with Gasteiger partial charge in [0.25, 0.3) is 0 Å². The molecule has 0 aromatic heterocycles. The van der Waals surface area contributed by atoms with Crippen LogP contribution in [0.5, 0.6) is 5.75 Å². The minimum absolute atomic E-state index is 0.0647. The molecular weight excluding hydrogens is 426 g/mol. The molecule has 6 heteroatoms.